The van der Waals surface area contributed by atoms with Crippen molar-refractivity contribution in [3.63, 3.8) is 0 Å². The summed E-state index contributed by atoms with van der Waals surface area (Å²) in [6.07, 6.45) is -6.88. The Morgan fingerprint density at radius 2 is 1.19 bits per heavy atom. The number of carbonyl (C=O) groups is 2. The summed E-state index contributed by atoms with van der Waals surface area (Å²) in [6, 6.07) is 0. The van der Waals surface area contributed by atoms with Crippen LogP contribution in [0.5, 0.6) is 0 Å². The summed E-state index contributed by atoms with van der Waals surface area (Å²) >= 11 is 0.234. The molecule has 1 aliphatic rings. The molecule has 1 aromatic heterocycles. The molecular formula is C20H15F17N2O2S. The number of carbonyl (C=O) groups excluding carboxylic acids is 2. The highest BCUT2D eigenvalue weighted by atomic mass is 32.1. The highest BCUT2D eigenvalue weighted by Crippen LogP contribution is 2.64. The standard InChI is InChI=1S/C20H15F17N2O2S/c1-2-6-3-4-7-8(5-6)42-11(9(7)10(38)40)39-12(41)13(21,22)14(23,24)15(25,26)16(27,28)17(29,30)18(31,32)19(33,34)20(35,36)37/h6H,2-5H2,1H3,(H2,38,40)(H,39,41). The van der Waals surface area contributed by atoms with E-state index in [0.717, 1.165) is 5.32 Å². The summed E-state index contributed by atoms with van der Waals surface area (Å²) in [5.74, 6) is -63.9. The molecule has 22 heteroatoms. The number of thiophene rings is 1. The highest BCUT2D eigenvalue weighted by Gasteiger charge is 2.95. The van der Waals surface area contributed by atoms with Crippen LogP contribution in [0.1, 0.15) is 40.6 Å². The summed E-state index contributed by atoms with van der Waals surface area (Å²) in [7, 11) is 0. The van der Waals surface area contributed by atoms with Crippen LogP contribution in [0.2, 0.25) is 0 Å². The molecule has 1 atom stereocenters. The van der Waals surface area contributed by atoms with E-state index in [0.29, 0.717) is 12.8 Å². The van der Waals surface area contributed by atoms with Crippen LogP contribution < -0.4 is 11.1 Å². The fourth-order valence-electron chi connectivity index (χ4n) is 3.84. The lowest BCUT2D eigenvalue weighted by atomic mass is 9.85. The van der Waals surface area contributed by atoms with Crippen LogP contribution >= 0.6 is 11.3 Å². The van der Waals surface area contributed by atoms with Crippen molar-refractivity contribution in [2.24, 2.45) is 11.7 Å². The molecule has 1 heterocycles. The number of hydrogen-bond donors (Lipinski definition) is 2. The van der Waals surface area contributed by atoms with Crippen molar-refractivity contribution in [1.82, 2.24) is 0 Å². The Morgan fingerprint density at radius 1 is 0.762 bits per heavy atom. The summed E-state index contributed by atoms with van der Waals surface area (Å²) < 4.78 is 229. The number of nitrogens with one attached hydrogen (secondary N) is 1. The molecule has 0 saturated carbocycles. The van der Waals surface area contributed by atoms with Crippen LogP contribution in [0.15, 0.2) is 0 Å². The van der Waals surface area contributed by atoms with Gasteiger partial charge in [0.05, 0.1) is 5.56 Å². The van der Waals surface area contributed by atoms with E-state index in [1.807, 2.05) is 0 Å². The van der Waals surface area contributed by atoms with Crippen molar-refractivity contribution in [2.45, 2.75) is 80.2 Å². The van der Waals surface area contributed by atoms with Crippen molar-refractivity contribution in [2.75, 3.05) is 5.32 Å². The summed E-state index contributed by atoms with van der Waals surface area (Å²) in [5.41, 5.74) is 4.28. The van der Waals surface area contributed by atoms with Crippen LogP contribution in [-0.2, 0) is 17.6 Å². The lowest BCUT2D eigenvalue weighted by Crippen LogP contribution is -2.75. The number of fused-ring (bicyclic) bond motifs is 1. The predicted molar refractivity (Wildman–Crippen MR) is 108 cm³/mol. The van der Waals surface area contributed by atoms with Crippen LogP contribution in [0.3, 0.4) is 0 Å². The third kappa shape index (κ3) is 4.83. The number of primary amides is 1. The number of halogens is 17. The van der Waals surface area contributed by atoms with E-state index in [4.69, 9.17) is 5.73 Å². The second-order valence-electron chi connectivity index (χ2n) is 9.06. The molecule has 2 rings (SSSR count). The molecular weight excluding hydrogens is 655 g/mol. The minimum atomic E-state index is -8.81. The Bertz CT molecular complexity index is 1220. The van der Waals surface area contributed by atoms with Gasteiger partial charge >= 0.3 is 53.5 Å². The topological polar surface area (TPSA) is 72.2 Å². The molecule has 0 aromatic carbocycles. The van der Waals surface area contributed by atoms with Gasteiger partial charge in [-0.3, -0.25) is 9.59 Å². The Morgan fingerprint density at radius 3 is 1.60 bits per heavy atom. The van der Waals surface area contributed by atoms with Crippen LogP contribution in [-0.4, -0.2) is 59.4 Å². The predicted octanol–water partition coefficient (Wildman–Crippen LogP) is 7.31. The van der Waals surface area contributed by atoms with Gasteiger partial charge in [-0.05, 0) is 30.7 Å². The zero-order valence-corrected chi connectivity index (χ0v) is 20.9. The first-order valence-electron chi connectivity index (χ1n) is 11.0. The number of rotatable bonds is 10. The van der Waals surface area contributed by atoms with E-state index in [9.17, 15) is 84.2 Å². The van der Waals surface area contributed by atoms with Crippen LogP contribution in [0.25, 0.3) is 0 Å². The number of hydrogen-bond acceptors (Lipinski definition) is 3. The van der Waals surface area contributed by atoms with Gasteiger partial charge in [0.15, 0.2) is 0 Å². The molecule has 4 nitrogen and oxygen atoms in total. The average molecular weight is 670 g/mol. The van der Waals surface area contributed by atoms with Gasteiger partial charge in [0.1, 0.15) is 5.00 Å². The average Bonchev–Trinajstić information content (AvgIpc) is 3.19. The van der Waals surface area contributed by atoms with E-state index < -0.39 is 70.0 Å². The Kier molecular flexibility index (Phi) is 8.72. The number of alkyl halides is 17. The van der Waals surface area contributed by atoms with E-state index in [-0.39, 0.29) is 40.5 Å². The molecule has 2 amide bonds. The molecule has 1 aliphatic carbocycles. The molecule has 0 fully saturated rings. The van der Waals surface area contributed by atoms with Gasteiger partial charge in [0, 0.05) is 4.88 Å². The molecule has 0 saturated heterocycles. The molecule has 42 heavy (non-hydrogen) atoms. The smallest absolute Gasteiger partial charge is 0.365 e. The minimum absolute atomic E-state index is 0.00117. The maximum absolute atomic E-state index is 14.3. The monoisotopic (exact) mass is 670 g/mol. The van der Waals surface area contributed by atoms with E-state index in [1.54, 1.807) is 6.92 Å². The Labute approximate surface area is 226 Å². The van der Waals surface area contributed by atoms with Crippen molar-refractivity contribution in [3.05, 3.63) is 16.0 Å². The van der Waals surface area contributed by atoms with Gasteiger partial charge in [0.25, 0.3) is 5.91 Å². The molecule has 0 bridgehead atoms. The van der Waals surface area contributed by atoms with Gasteiger partial charge in [-0.25, -0.2) is 0 Å². The van der Waals surface area contributed by atoms with Gasteiger partial charge in [0.2, 0.25) is 0 Å². The molecule has 1 unspecified atom stereocenters. The normalized spacial score (nSPS) is 18.1. The zero-order valence-electron chi connectivity index (χ0n) is 20.1. The highest BCUT2D eigenvalue weighted by molar-refractivity contribution is 7.17. The zero-order chi connectivity index (χ0) is 33.3. The molecule has 1 aromatic rings. The lowest BCUT2D eigenvalue weighted by molar-refractivity contribution is -0.459. The van der Waals surface area contributed by atoms with E-state index in [1.165, 1.54) is 0 Å². The lowest BCUT2D eigenvalue weighted by Gasteiger charge is -2.42. The number of anilines is 1. The van der Waals surface area contributed by atoms with Gasteiger partial charge in [-0.15, -0.1) is 11.3 Å². The van der Waals surface area contributed by atoms with Crippen molar-refractivity contribution < 1.29 is 84.2 Å². The third-order valence-electron chi connectivity index (χ3n) is 6.43. The molecule has 0 radical (unpaired) electrons. The summed E-state index contributed by atoms with van der Waals surface area (Å²) in [4.78, 5) is 23.9. The second kappa shape index (κ2) is 10.3. The van der Waals surface area contributed by atoms with Gasteiger partial charge in [-0.1, -0.05) is 13.3 Å². The number of nitrogens with two attached hydrogens (primary N) is 1. The second-order valence-corrected chi connectivity index (χ2v) is 10.2. The largest absolute Gasteiger partial charge is 0.460 e. The van der Waals surface area contributed by atoms with Crippen LogP contribution in [0, 0.1) is 5.92 Å². The first kappa shape index (κ1) is 35.6. The quantitative estimate of drug-likeness (QED) is 0.257. The van der Waals surface area contributed by atoms with Gasteiger partial charge in [-0.2, -0.15) is 74.6 Å². The minimum Gasteiger partial charge on any atom is -0.365 e. The Hall–Kier alpha value is -2.55. The first-order valence-corrected chi connectivity index (χ1v) is 11.8. The van der Waals surface area contributed by atoms with E-state index in [2.05, 4.69) is 0 Å². The number of amides is 2. The van der Waals surface area contributed by atoms with Crippen molar-refractivity contribution in [3.8, 4) is 0 Å². The fraction of sp³-hybridized carbons (Fsp3) is 0.700. The van der Waals surface area contributed by atoms with Gasteiger partial charge < -0.3 is 11.1 Å². The Balaban J connectivity index is 2.56. The van der Waals surface area contributed by atoms with Crippen molar-refractivity contribution >= 4 is 28.2 Å². The molecule has 3 N–H and O–H groups in total. The van der Waals surface area contributed by atoms with E-state index >= 15 is 0 Å². The maximum Gasteiger partial charge on any atom is 0.460 e. The van der Waals surface area contributed by atoms with Crippen LogP contribution in [0.4, 0.5) is 79.6 Å². The molecule has 0 spiro atoms. The third-order valence-corrected chi connectivity index (χ3v) is 7.60. The summed E-state index contributed by atoms with van der Waals surface area (Å²) in [5, 5.41) is -0.279. The van der Waals surface area contributed by atoms with Crippen molar-refractivity contribution in [1.29, 1.82) is 0 Å². The molecule has 242 valence electrons. The SMILES string of the molecule is CCC1CCc2c(sc(NC(=O)C(F)(F)C(F)(F)C(F)(F)C(F)(F)C(F)(F)C(F)(F)C(F)(F)C(F)(F)F)c2C(N)=O)C1. The molecule has 0 aliphatic heterocycles. The maximum atomic E-state index is 14.3. The fourth-order valence-corrected chi connectivity index (χ4v) is 5.20. The summed E-state index contributed by atoms with van der Waals surface area (Å²) in [6.45, 7) is 1.71. The first-order chi connectivity index (χ1) is 18.5.